The molecule has 4 aliphatic heterocycles. The van der Waals surface area contributed by atoms with E-state index in [4.69, 9.17) is 36.8 Å². The van der Waals surface area contributed by atoms with Crippen LogP contribution in [0.3, 0.4) is 0 Å². The first-order valence-corrected chi connectivity index (χ1v) is 29.9. The van der Waals surface area contributed by atoms with Crippen molar-refractivity contribution in [3.05, 3.63) is 138 Å². The van der Waals surface area contributed by atoms with Gasteiger partial charge in [-0.05, 0) is 80.1 Å². The minimum absolute atomic E-state index is 0.119. The fourth-order valence-electron chi connectivity index (χ4n) is 9.78. The number of halogens is 3. The van der Waals surface area contributed by atoms with Gasteiger partial charge in [-0.2, -0.15) is 0 Å². The fraction of sp³-hybridized carbons (Fsp3) is 0.321. The van der Waals surface area contributed by atoms with Crippen LogP contribution in [0.15, 0.2) is 110 Å². The average Bonchev–Trinajstić information content (AvgIpc) is 3.49. The van der Waals surface area contributed by atoms with E-state index in [1.807, 2.05) is 67.3 Å². The first kappa shape index (κ1) is 55.0. The lowest BCUT2D eigenvalue weighted by atomic mass is 10.0. The molecule has 0 bridgehead atoms. The minimum Gasteiger partial charge on any atom is -0.396 e. The molecular formula is C56H59ClF2N12O6S2. The summed E-state index contributed by atoms with van der Waals surface area (Å²) in [5.74, 6) is 1.49. The highest BCUT2D eigenvalue weighted by Crippen LogP contribution is 2.39. The Kier molecular flexibility index (Phi) is 16.6. The second-order valence-electron chi connectivity index (χ2n) is 19.4. The average molecular weight is 1130 g/mol. The summed E-state index contributed by atoms with van der Waals surface area (Å²) in [5.41, 5.74) is 15.6. The molecule has 0 unspecified atom stereocenters. The summed E-state index contributed by atoms with van der Waals surface area (Å²) in [4.78, 5) is 35.7. The number of nitrogens with zero attached hydrogens (tertiary/aromatic N) is 10. The van der Waals surface area contributed by atoms with Crippen LogP contribution in [-0.4, -0.2) is 149 Å². The summed E-state index contributed by atoms with van der Waals surface area (Å²) in [6, 6.07) is 24.1. The van der Waals surface area contributed by atoms with Crippen molar-refractivity contribution >= 4 is 93.2 Å². The molecule has 0 spiro atoms. The third-order valence-electron chi connectivity index (χ3n) is 14.2. The molecule has 412 valence electrons. The topological polar surface area (TPSA) is 215 Å². The predicted molar refractivity (Wildman–Crippen MR) is 308 cm³/mol. The van der Waals surface area contributed by atoms with Crippen molar-refractivity contribution in [3.8, 4) is 22.8 Å². The van der Waals surface area contributed by atoms with E-state index in [-0.39, 0.29) is 34.6 Å². The van der Waals surface area contributed by atoms with Crippen LogP contribution in [0.5, 0.6) is 0 Å². The normalized spacial score (nSPS) is 17.1. The van der Waals surface area contributed by atoms with Crippen LogP contribution >= 0.6 is 11.6 Å². The number of nitrogen functional groups attached to an aromatic ring is 1. The Morgan fingerprint density at radius 2 is 1.03 bits per heavy atom. The number of pyridine rings is 6. The molecule has 18 nitrogen and oxygen atoms in total. The third kappa shape index (κ3) is 12.9. The van der Waals surface area contributed by atoms with Crippen molar-refractivity contribution in [1.29, 1.82) is 0 Å². The van der Waals surface area contributed by atoms with E-state index in [0.717, 1.165) is 75.1 Å². The van der Waals surface area contributed by atoms with Gasteiger partial charge in [0.15, 0.2) is 31.3 Å². The molecule has 2 aromatic carbocycles. The summed E-state index contributed by atoms with van der Waals surface area (Å²) in [6.45, 7) is 11.3. The van der Waals surface area contributed by atoms with E-state index in [1.165, 1.54) is 24.3 Å². The van der Waals surface area contributed by atoms with Gasteiger partial charge in [-0.25, -0.2) is 45.6 Å². The van der Waals surface area contributed by atoms with E-state index in [0.29, 0.717) is 105 Å². The number of fused-ring (bicyclic) bond motifs is 2. The molecule has 79 heavy (non-hydrogen) atoms. The van der Waals surface area contributed by atoms with Crippen molar-refractivity contribution in [2.45, 2.75) is 13.8 Å². The van der Waals surface area contributed by atoms with Crippen molar-refractivity contribution in [1.82, 2.24) is 29.9 Å². The molecule has 8 aromatic rings. The number of hydrogen-bond donors (Lipinski definition) is 2. The number of sulfone groups is 2. The molecule has 12 rings (SSSR count). The van der Waals surface area contributed by atoms with E-state index in [2.05, 4.69) is 40.0 Å². The first-order chi connectivity index (χ1) is 38.1. The quantitative estimate of drug-likeness (QED) is 0.147. The standard InChI is InChI=1S/C28H29FN6O3S.C15H10ClFN2.C13H20N4O3S/c1-19-26(22-6-5-20(29)16-24(22)32-27(19)23-4-2-3-7-30-23)33-25-17-21(34-10-14-39(36,37)15-11-34)18-31-28(25)35-8-12-38-13-9-35;1-9-14(16)11-6-5-10(17)8-13(11)19-15(9)12-4-2-3-7-18-12;14-12-9-11(16-3-7-21(18,19)8-4-16)10-15-13(12)17-1-5-20-6-2-17/h2-7,16-18H,8-15H2,1H3,(H,32,33);2-8H,1H3;9-10H,1-8,14H2. The van der Waals surface area contributed by atoms with Gasteiger partial charge in [0.1, 0.15) is 11.6 Å². The van der Waals surface area contributed by atoms with Crippen molar-refractivity contribution in [2.24, 2.45) is 0 Å². The lowest BCUT2D eigenvalue weighted by Gasteiger charge is -2.32. The lowest BCUT2D eigenvalue weighted by molar-refractivity contribution is 0.122. The highest BCUT2D eigenvalue weighted by molar-refractivity contribution is 7.91. The number of aromatic nitrogens is 6. The van der Waals surface area contributed by atoms with Crippen LogP contribution in [0.1, 0.15) is 11.1 Å². The molecule has 23 heteroatoms. The highest BCUT2D eigenvalue weighted by Gasteiger charge is 2.27. The molecule has 0 radical (unpaired) electrons. The van der Waals surface area contributed by atoms with Gasteiger partial charge in [0.05, 0.1) is 129 Å². The predicted octanol–water partition coefficient (Wildman–Crippen LogP) is 8.09. The number of nitrogens with two attached hydrogens (primary N) is 1. The number of ether oxygens (including phenoxy) is 2. The molecular weight excluding hydrogens is 1070 g/mol. The Balaban J connectivity index is 0.000000148. The second-order valence-corrected chi connectivity index (χ2v) is 24.4. The van der Waals surface area contributed by atoms with Gasteiger partial charge in [0.2, 0.25) is 0 Å². The van der Waals surface area contributed by atoms with Gasteiger partial charge in [0.25, 0.3) is 0 Å². The summed E-state index contributed by atoms with van der Waals surface area (Å²) in [6.07, 6.45) is 6.99. The van der Waals surface area contributed by atoms with Gasteiger partial charge >= 0.3 is 0 Å². The largest absolute Gasteiger partial charge is 0.396 e. The number of nitrogens with one attached hydrogen (secondary N) is 1. The Labute approximate surface area is 462 Å². The molecule has 0 saturated carbocycles. The van der Waals surface area contributed by atoms with Gasteiger partial charge in [0, 0.05) is 93.2 Å². The van der Waals surface area contributed by atoms with Crippen LogP contribution in [0.2, 0.25) is 5.02 Å². The Bertz CT molecular complexity index is 3710. The molecule has 4 aliphatic rings. The number of benzene rings is 2. The van der Waals surface area contributed by atoms with Crippen LogP contribution in [0.25, 0.3) is 44.6 Å². The van der Waals surface area contributed by atoms with Gasteiger partial charge in [-0.15, -0.1) is 0 Å². The van der Waals surface area contributed by atoms with E-state index >= 15 is 0 Å². The number of anilines is 7. The molecule has 10 heterocycles. The molecule has 4 fully saturated rings. The second kappa shape index (κ2) is 23.9. The Hall–Kier alpha value is -7.37. The fourth-order valence-corrected chi connectivity index (χ4v) is 12.4. The molecule has 0 aliphatic carbocycles. The molecule has 0 amide bonds. The SMILES string of the molecule is Cc1c(-c2ccccn2)nc2cc(F)ccc2c1Cl.Cc1c(-c2ccccn2)nc2cc(F)ccc2c1Nc1cc(N2CCS(=O)(=O)CC2)cnc1N1CCOCC1.Nc1cc(N2CCS(=O)(=O)CC2)cnc1N1CCOCC1. The van der Waals surface area contributed by atoms with E-state index in [9.17, 15) is 25.6 Å². The first-order valence-electron chi connectivity index (χ1n) is 25.9. The van der Waals surface area contributed by atoms with E-state index < -0.39 is 19.7 Å². The van der Waals surface area contributed by atoms with Crippen LogP contribution < -0.4 is 30.7 Å². The smallest absolute Gasteiger partial charge is 0.153 e. The summed E-state index contributed by atoms with van der Waals surface area (Å²) >= 11 is 6.34. The zero-order chi connectivity index (χ0) is 55.3. The number of rotatable bonds is 8. The van der Waals surface area contributed by atoms with Gasteiger partial charge in [-0.3, -0.25) is 9.97 Å². The Morgan fingerprint density at radius 1 is 0.557 bits per heavy atom. The summed E-state index contributed by atoms with van der Waals surface area (Å²) in [5, 5.41) is 5.74. The molecule has 6 aromatic heterocycles. The maximum atomic E-state index is 14.3. The van der Waals surface area contributed by atoms with Crippen LogP contribution in [0, 0.1) is 25.5 Å². The monoisotopic (exact) mass is 1130 g/mol. The molecule has 4 saturated heterocycles. The molecule has 3 N–H and O–H groups in total. The number of morpholine rings is 2. The number of hydrogen-bond acceptors (Lipinski definition) is 18. The van der Waals surface area contributed by atoms with E-state index in [1.54, 1.807) is 36.9 Å². The maximum Gasteiger partial charge on any atom is 0.153 e. The van der Waals surface area contributed by atoms with Crippen LogP contribution in [-0.2, 0) is 29.1 Å². The summed E-state index contributed by atoms with van der Waals surface area (Å²) < 4.78 is 85.5. The summed E-state index contributed by atoms with van der Waals surface area (Å²) in [7, 11) is -5.89. The zero-order valence-corrected chi connectivity index (χ0v) is 46.0. The highest BCUT2D eigenvalue weighted by atomic mass is 35.5. The Morgan fingerprint density at radius 3 is 1.53 bits per heavy atom. The maximum absolute atomic E-state index is 14.3. The van der Waals surface area contributed by atoms with Crippen LogP contribution in [0.4, 0.5) is 48.9 Å². The van der Waals surface area contributed by atoms with Crippen molar-refractivity contribution in [2.75, 3.05) is 132 Å². The third-order valence-corrected chi connectivity index (χ3v) is 17.9. The van der Waals surface area contributed by atoms with Crippen molar-refractivity contribution in [3.63, 3.8) is 0 Å². The molecule has 0 atom stereocenters. The lowest BCUT2D eigenvalue weighted by Crippen LogP contribution is -2.40. The van der Waals surface area contributed by atoms with Gasteiger partial charge < -0.3 is 40.1 Å². The zero-order valence-electron chi connectivity index (χ0n) is 43.7. The minimum atomic E-state index is -3.02. The van der Waals surface area contributed by atoms with Gasteiger partial charge in [-0.1, -0.05) is 23.7 Å². The van der Waals surface area contributed by atoms with Crippen molar-refractivity contribution < 1.29 is 35.1 Å².